The summed E-state index contributed by atoms with van der Waals surface area (Å²) in [7, 11) is 0. The molecule has 0 aromatic rings. The average Bonchev–Trinajstić information content (AvgIpc) is 3.15. The third kappa shape index (κ3) is 12.2. The standard InChI is InChI=1S/C23H44N2/c1-3-5-6-7-8-9-10-11-12-13-14-15-16-17-19-22(18-4-2)23-24-20-21-25-23/h17,19,22H,3-16,18,20-21H2,1-2H3,(H,24,25). The molecule has 0 radical (unpaired) electrons. The van der Waals surface area contributed by atoms with Gasteiger partial charge in [0.2, 0.25) is 0 Å². The lowest BCUT2D eigenvalue weighted by Crippen LogP contribution is -2.25. The molecule has 0 aromatic heterocycles. The minimum atomic E-state index is 0.532. The number of nitrogens with one attached hydrogen (secondary N) is 1. The van der Waals surface area contributed by atoms with Crippen LogP contribution in [-0.4, -0.2) is 18.9 Å². The zero-order valence-corrected chi connectivity index (χ0v) is 17.2. The van der Waals surface area contributed by atoms with Crippen molar-refractivity contribution in [3.05, 3.63) is 12.2 Å². The van der Waals surface area contributed by atoms with Crippen LogP contribution in [-0.2, 0) is 0 Å². The molecule has 0 aliphatic carbocycles. The van der Waals surface area contributed by atoms with Gasteiger partial charge in [-0.1, -0.05) is 103 Å². The van der Waals surface area contributed by atoms with Crippen LogP contribution in [0.3, 0.4) is 0 Å². The summed E-state index contributed by atoms with van der Waals surface area (Å²) in [6, 6.07) is 0. The highest BCUT2D eigenvalue weighted by Gasteiger charge is 2.14. The molecule has 1 atom stereocenters. The highest BCUT2D eigenvalue weighted by atomic mass is 15.1. The predicted molar refractivity (Wildman–Crippen MR) is 114 cm³/mol. The molecule has 1 rings (SSSR count). The minimum absolute atomic E-state index is 0.532. The Morgan fingerprint density at radius 3 is 1.96 bits per heavy atom. The Labute approximate surface area is 158 Å². The Hall–Kier alpha value is -0.790. The SMILES string of the molecule is CCCCCCCCCCCCCCC=CC(CCC)C1=NCCN1. The first-order valence-electron chi connectivity index (χ1n) is 11.3. The summed E-state index contributed by atoms with van der Waals surface area (Å²) in [5.74, 6) is 1.76. The second kappa shape index (κ2) is 16.7. The van der Waals surface area contributed by atoms with Crippen molar-refractivity contribution in [2.45, 2.75) is 110 Å². The summed E-state index contributed by atoms with van der Waals surface area (Å²) in [6.45, 7) is 6.55. The number of unbranched alkanes of at least 4 members (excludes halogenated alkanes) is 12. The van der Waals surface area contributed by atoms with Crippen LogP contribution >= 0.6 is 0 Å². The molecule has 146 valence electrons. The van der Waals surface area contributed by atoms with Crippen LogP contribution in [0.2, 0.25) is 0 Å². The van der Waals surface area contributed by atoms with E-state index < -0.39 is 0 Å². The number of amidine groups is 1. The minimum Gasteiger partial charge on any atom is -0.371 e. The number of hydrogen-bond donors (Lipinski definition) is 1. The van der Waals surface area contributed by atoms with Gasteiger partial charge in [0.1, 0.15) is 5.84 Å². The van der Waals surface area contributed by atoms with Crippen molar-refractivity contribution in [2.75, 3.05) is 13.1 Å². The van der Waals surface area contributed by atoms with Gasteiger partial charge in [0.05, 0.1) is 6.54 Å². The fourth-order valence-corrected chi connectivity index (χ4v) is 3.66. The van der Waals surface area contributed by atoms with Crippen molar-refractivity contribution in [3.63, 3.8) is 0 Å². The van der Waals surface area contributed by atoms with E-state index in [0.29, 0.717) is 5.92 Å². The Bertz CT molecular complexity index is 346. The zero-order valence-electron chi connectivity index (χ0n) is 17.2. The summed E-state index contributed by atoms with van der Waals surface area (Å²) in [5, 5.41) is 3.44. The van der Waals surface area contributed by atoms with Crippen LogP contribution in [0.1, 0.15) is 110 Å². The largest absolute Gasteiger partial charge is 0.371 e. The van der Waals surface area contributed by atoms with Crippen LogP contribution in [0.15, 0.2) is 17.1 Å². The van der Waals surface area contributed by atoms with Crippen molar-refractivity contribution < 1.29 is 0 Å². The highest BCUT2D eigenvalue weighted by Crippen LogP contribution is 2.15. The van der Waals surface area contributed by atoms with Gasteiger partial charge in [0.15, 0.2) is 0 Å². The first kappa shape index (κ1) is 22.3. The first-order chi connectivity index (χ1) is 12.4. The summed E-state index contributed by atoms with van der Waals surface area (Å²) >= 11 is 0. The number of aliphatic imine (C=N–C) groups is 1. The molecule has 0 fully saturated rings. The van der Waals surface area contributed by atoms with E-state index in [-0.39, 0.29) is 0 Å². The topological polar surface area (TPSA) is 24.4 Å². The summed E-state index contributed by atoms with van der Waals surface area (Å²) < 4.78 is 0. The van der Waals surface area contributed by atoms with Crippen LogP contribution < -0.4 is 5.32 Å². The van der Waals surface area contributed by atoms with E-state index in [4.69, 9.17) is 0 Å². The molecule has 2 heteroatoms. The van der Waals surface area contributed by atoms with Gasteiger partial charge >= 0.3 is 0 Å². The normalized spacial score (nSPS) is 15.5. The van der Waals surface area contributed by atoms with Gasteiger partial charge in [-0.15, -0.1) is 0 Å². The molecule has 0 saturated heterocycles. The van der Waals surface area contributed by atoms with Gasteiger partial charge in [-0.3, -0.25) is 4.99 Å². The van der Waals surface area contributed by atoms with Crippen molar-refractivity contribution in [2.24, 2.45) is 10.9 Å². The van der Waals surface area contributed by atoms with Gasteiger partial charge in [0.25, 0.3) is 0 Å². The molecule has 1 heterocycles. The van der Waals surface area contributed by atoms with Gasteiger partial charge < -0.3 is 5.32 Å². The van der Waals surface area contributed by atoms with E-state index in [1.54, 1.807) is 0 Å². The van der Waals surface area contributed by atoms with Crippen LogP contribution in [0, 0.1) is 5.92 Å². The van der Waals surface area contributed by atoms with Crippen molar-refractivity contribution in [1.82, 2.24) is 5.32 Å². The van der Waals surface area contributed by atoms with E-state index in [0.717, 1.165) is 13.1 Å². The lowest BCUT2D eigenvalue weighted by molar-refractivity contribution is 0.544. The number of hydrogen-bond acceptors (Lipinski definition) is 2. The smallest absolute Gasteiger partial charge is 0.103 e. The molecule has 0 aromatic carbocycles. The molecule has 1 aliphatic rings. The second-order valence-electron chi connectivity index (χ2n) is 7.69. The Balaban J connectivity index is 1.90. The third-order valence-corrected chi connectivity index (χ3v) is 5.24. The fourth-order valence-electron chi connectivity index (χ4n) is 3.66. The average molecular weight is 349 g/mol. The van der Waals surface area contributed by atoms with E-state index in [2.05, 4.69) is 36.3 Å². The molecule has 0 bridgehead atoms. The molecule has 0 spiro atoms. The Morgan fingerprint density at radius 1 is 0.840 bits per heavy atom. The third-order valence-electron chi connectivity index (χ3n) is 5.24. The molecular formula is C23H44N2. The van der Waals surface area contributed by atoms with E-state index in [1.165, 1.54) is 102 Å². The van der Waals surface area contributed by atoms with Gasteiger partial charge in [-0.25, -0.2) is 0 Å². The Morgan fingerprint density at radius 2 is 1.44 bits per heavy atom. The molecule has 1 unspecified atom stereocenters. The fraction of sp³-hybridized carbons (Fsp3) is 0.870. The van der Waals surface area contributed by atoms with E-state index in [1.807, 2.05) is 0 Å². The maximum Gasteiger partial charge on any atom is 0.103 e. The molecule has 0 amide bonds. The Kier molecular flexibility index (Phi) is 14.8. The van der Waals surface area contributed by atoms with Gasteiger partial charge in [-0.2, -0.15) is 0 Å². The molecule has 1 aliphatic heterocycles. The zero-order chi connectivity index (χ0) is 18.0. The van der Waals surface area contributed by atoms with Crippen molar-refractivity contribution in [3.8, 4) is 0 Å². The maximum absolute atomic E-state index is 4.59. The lowest BCUT2D eigenvalue weighted by Gasteiger charge is -2.12. The van der Waals surface area contributed by atoms with Crippen LogP contribution in [0.25, 0.3) is 0 Å². The maximum atomic E-state index is 4.59. The van der Waals surface area contributed by atoms with Crippen molar-refractivity contribution >= 4 is 5.84 Å². The quantitative estimate of drug-likeness (QED) is 0.221. The summed E-state index contributed by atoms with van der Waals surface area (Å²) in [5.41, 5.74) is 0. The predicted octanol–water partition coefficient (Wildman–Crippen LogP) is 7.05. The summed E-state index contributed by atoms with van der Waals surface area (Å²) in [4.78, 5) is 4.59. The second-order valence-corrected chi connectivity index (χ2v) is 7.69. The molecule has 0 saturated carbocycles. The number of allylic oxidation sites excluding steroid dienone is 1. The molecular weight excluding hydrogens is 304 g/mol. The lowest BCUT2D eigenvalue weighted by atomic mass is 10.0. The highest BCUT2D eigenvalue weighted by molar-refractivity contribution is 5.87. The molecule has 2 nitrogen and oxygen atoms in total. The molecule has 25 heavy (non-hydrogen) atoms. The van der Waals surface area contributed by atoms with Gasteiger partial charge in [-0.05, 0) is 19.3 Å². The van der Waals surface area contributed by atoms with Gasteiger partial charge in [0, 0.05) is 12.5 Å². The van der Waals surface area contributed by atoms with Crippen LogP contribution in [0.4, 0.5) is 0 Å². The van der Waals surface area contributed by atoms with E-state index in [9.17, 15) is 0 Å². The monoisotopic (exact) mass is 348 g/mol. The first-order valence-corrected chi connectivity index (χ1v) is 11.3. The summed E-state index contributed by atoms with van der Waals surface area (Å²) in [6.07, 6.45) is 25.7. The van der Waals surface area contributed by atoms with E-state index >= 15 is 0 Å². The number of rotatable bonds is 17. The molecule has 1 N–H and O–H groups in total. The van der Waals surface area contributed by atoms with Crippen LogP contribution in [0.5, 0.6) is 0 Å². The van der Waals surface area contributed by atoms with Crippen molar-refractivity contribution in [1.29, 1.82) is 0 Å². The number of nitrogens with zero attached hydrogens (tertiary/aromatic N) is 1.